The summed E-state index contributed by atoms with van der Waals surface area (Å²) in [5, 5.41) is -2.63. The lowest BCUT2D eigenvalue weighted by Crippen LogP contribution is -2.34. The Balaban J connectivity index is 0.000000163. The highest BCUT2D eigenvalue weighted by Gasteiger charge is 2.21. The maximum Gasteiger partial charge on any atom is 0.339 e. The molecule has 2 aromatic heterocycles. The van der Waals surface area contributed by atoms with Crippen LogP contribution in [0.3, 0.4) is 0 Å². The van der Waals surface area contributed by atoms with Crippen LogP contribution in [0.1, 0.15) is 33.6 Å². The second kappa shape index (κ2) is 15.3. The van der Waals surface area contributed by atoms with Crippen LogP contribution in [0.5, 0.6) is 0 Å². The van der Waals surface area contributed by atoms with Crippen molar-refractivity contribution < 1.29 is 4.57 Å². The van der Waals surface area contributed by atoms with Gasteiger partial charge in [-0.15, -0.1) is 0 Å². The van der Waals surface area contributed by atoms with Crippen LogP contribution in [0, 0.1) is 0 Å². The Bertz CT molecular complexity index is 1510. The molecule has 2 aromatic carbocycles. The van der Waals surface area contributed by atoms with Crippen LogP contribution in [0.15, 0.2) is 78.1 Å². The fourth-order valence-electron chi connectivity index (χ4n) is 4.73. The van der Waals surface area contributed by atoms with Crippen LogP contribution >= 0.6 is 50.5 Å². The van der Waals surface area contributed by atoms with E-state index in [0.29, 0.717) is 11.7 Å². The van der Waals surface area contributed by atoms with Gasteiger partial charge >= 0.3 is 5.20 Å². The smallest absolute Gasteiger partial charge is 0.313 e. The first-order valence-corrected chi connectivity index (χ1v) is 17.7. The Labute approximate surface area is 258 Å². The number of benzene rings is 2. The molecule has 0 spiro atoms. The van der Waals surface area contributed by atoms with Gasteiger partial charge in [0.2, 0.25) is 0 Å². The van der Waals surface area contributed by atoms with Gasteiger partial charge < -0.3 is 4.98 Å². The van der Waals surface area contributed by atoms with Crippen molar-refractivity contribution in [3.05, 3.63) is 122 Å². The van der Waals surface area contributed by atoms with Crippen molar-refractivity contribution >= 4 is 50.5 Å². The van der Waals surface area contributed by atoms with Gasteiger partial charge in [0, 0.05) is 57.7 Å². The van der Waals surface area contributed by atoms with Crippen molar-refractivity contribution in [1.82, 2.24) is 29.7 Å². The molecule has 0 bridgehead atoms. The van der Waals surface area contributed by atoms with Crippen LogP contribution in [0.25, 0.3) is 0 Å². The zero-order valence-corrected chi connectivity index (χ0v) is 26.0. The number of nitrogens with one attached hydrogen (secondary N) is 1. The average molecular weight is 654 g/mol. The minimum Gasteiger partial charge on any atom is -0.313 e. The summed E-state index contributed by atoms with van der Waals surface area (Å²) in [6, 6.07) is 20.8. The average Bonchev–Trinajstić information content (AvgIpc) is 2.95. The quantitative estimate of drug-likeness (QED) is 0.191. The number of nitrogens with zero attached hydrogens (tertiary/aromatic N) is 5. The molecule has 4 aromatic rings. The Morgan fingerprint density at radius 1 is 0.756 bits per heavy atom. The van der Waals surface area contributed by atoms with E-state index < -0.39 is 5.20 Å². The van der Waals surface area contributed by atoms with Gasteiger partial charge in [0.15, 0.2) is 0 Å². The van der Waals surface area contributed by atoms with Crippen LogP contribution < -0.4 is 5.56 Å². The Hall–Kier alpha value is -2.29. The van der Waals surface area contributed by atoms with Crippen molar-refractivity contribution in [3.8, 4) is 0 Å². The van der Waals surface area contributed by atoms with E-state index >= 15 is 0 Å². The van der Waals surface area contributed by atoms with E-state index in [1.165, 1.54) is 17.5 Å². The first-order chi connectivity index (χ1) is 19.7. The summed E-state index contributed by atoms with van der Waals surface area (Å²) < 4.78 is 9.51. The Morgan fingerprint density at radius 3 is 1.78 bits per heavy atom. The summed E-state index contributed by atoms with van der Waals surface area (Å²) in [6.07, 6.45) is 4.85. The minimum atomic E-state index is -3.22. The standard InChI is InChI=1S/C14H14ClN3.C14H15N3O.Cl3OP/c15-14-12-9-18(7-6-13(12)16-10-17-14)8-11-4-2-1-3-5-11;18-14-12-9-17(7-6-13(12)15-10-16-14)8-11-4-2-1-3-5-11;1-5(2,3)4/h1-5,10H,6-9H2;1-5,10H,6-9H2,(H,15,16,18);. The highest BCUT2D eigenvalue weighted by molar-refractivity contribution is 8.24. The van der Waals surface area contributed by atoms with Crippen LogP contribution in [-0.2, 0) is 43.6 Å². The van der Waals surface area contributed by atoms with Gasteiger partial charge in [0.25, 0.3) is 5.56 Å². The SMILES string of the molecule is Clc1ncnc2c1CN(Cc1ccccc1)CC2.O=P(Cl)(Cl)Cl.O=c1[nH]cnc2c1CN(Cc1ccccc1)CC2. The fraction of sp³-hybridized carbons (Fsp3) is 0.286. The van der Waals surface area contributed by atoms with Gasteiger partial charge in [-0.25, -0.2) is 15.0 Å². The van der Waals surface area contributed by atoms with Gasteiger partial charge in [0.1, 0.15) is 11.5 Å². The molecule has 0 saturated carbocycles. The zero-order valence-electron chi connectivity index (χ0n) is 22.1. The number of aromatic amines is 1. The number of rotatable bonds is 4. The van der Waals surface area contributed by atoms with Crippen molar-refractivity contribution in [2.24, 2.45) is 0 Å². The summed E-state index contributed by atoms with van der Waals surface area (Å²) >= 11 is 20.0. The highest BCUT2D eigenvalue weighted by Crippen LogP contribution is 2.61. The van der Waals surface area contributed by atoms with Crippen molar-refractivity contribution in [2.45, 2.75) is 39.0 Å². The lowest BCUT2D eigenvalue weighted by atomic mass is 10.1. The van der Waals surface area contributed by atoms with Crippen LogP contribution in [-0.4, -0.2) is 42.8 Å². The largest absolute Gasteiger partial charge is 0.339 e. The summed E-state index contributed by atoms with van der Waals surface area (Å²) in [4.78, 5) is 31.7. The molecule has 6 rings (SSSR count). The first-order valence-electron chi connectivity index (χ1n) is 12.9. The molecule has 0 amide bonds. The second-order valence-electron chi connectivity index (χ2n) is 9.54. The molecule has 216 valence electrons. The summed E-state index contributed by atoms with van der Waals surface area (Å²) in [5.74, 6) is 0. The monoisotopic (exact) mass is 652 g/mol. The number of fused-ring (bicyclic) bond motifs is 2. The number of hydrogen-bond acceptors (Lipinski definition) is 7. The maximum atomic E-state index is 11.7. The predicted octanol–water partition coefficient (Wildman–Crippen LogP) is 6.83. The van der Waals surface area contributed by atoms with E-state index in [4.69, 9.17) is 11.6 Å². The van der Waals surface area contributed by atoms with E-state index in [1.54, 1.807) is 6.33 Å². The normalized spacial score (nSPS) is 14.9. The number of halogens is 4. The molecule has 0 atom stereocenters. The summed E-state index contributed by atoms with van der Waals surface area (Å²) in [5.41, 5.74) is 6.55. The van der Waals surface area contributed by atoms with E-state index in [2.05, 4.69) is 99.9 Å². The van der Waals surface area contributed by atoms with Crippen molar-refractivity contribution in [1.29, 1.82) is 0 Å². The molecule has 2 aliphatic heterocycles. The molecule has 0 fully saturated rings. The zero-order chi connectivity index (χ0) is 29.2. The maximum absolute atomic E-state index is 11.7. The van der Waals surface area contributed by atoms with Crippen molar-refractivity contribution in [2.75, 3.05) is 13.1 Å². The third kappa shape index (κ3) is 10.5. The molecule has 0 aliphatic carbocycles. The van der Waals surface area contributed by atoms with Gasteiger partial charge in [-0.2, -0.15) is 0 Å². The molecule has 8 nitrogen and oxygen atoms in total. The number of aromatic nitrogens is 4. The Kier molecular flexibility index (Phi) is 11.8. The van der Waals surface area contributed by atoms with Gasteiger partial charge in [-0.1, -0.05) is 72.3 Å². The molecule has 0 unspecified atom stereocenters. The lowest BCUT2D eigenvalue weighted by molar-refractivity contribution is 0.241. The van der Waals surface area contributed by atoms with Gasteiger partial charge in [0.05, 0.1) is 23.3 Å². The molecule has 0 radical (unpaired) electrons. The fourth-order valence-corrected chi connectivity index (χ4v) is 4.94. The molecular weight excluding hydrogens is 625 g/mol. The van der Waals surface area contributed by atoms with Crippen molar-refractivity contribution in [3.63, 3.8) is 0 Å². The number of H-pyrrole nitrogens is 1. The third-order valence-electron chi connectivity index (χ3n) is 6.61. The van der Waals surface area contributed by atoms with Gasteiger partial charge in [-0.3, -0.25) is 19.2 Å². The number of hydrogen-bond donors (Lipinski definition) is 1. The molecule has 1 N–H and O–H groups in total. The summed E-state index contributed by atoms with van der Waals surface area (Å²) in [7, 11) is 0. The molecule has 0 saturated heterocycles. The predicted molar refractivity (Wildman–Crippen MR) is 166 cm³/mol. The van der Waals surface area contributed by atoms with E-state index in [0.717, 1.165) is 68.1 Å². The van der Waals surface area contributed by atoms with Crippen LogP contribution in [0.4, 0.5) is 0 Å². The summed E-state index contributed by atoms with van der Waals surface area (Å²) in [6.45, 7) is 5.34. The third-order valence-corrected chi connectivity index (χ3v) is 6.94. The minimum absolute atomic E-state index is 0.00207. The highest BCUT2D eigenvalue weighted by atomic mass is 36.0. The van der Waals surface area contributed by atoms with Crippen LogP contribution in [0.2, 0.25) is 5.15 Å². The lowest BCUT2D eigenvalue weighted by Gasteiger charge is -2.28. The topological polar surface area (TPSA) is 95.1 Å². The van der Waals surface area contributed by atoms with E-state index in [-0.39, 0.29) is 5.56 Å². The van der Waals surface area contributed by atoms with Gasteiger partial charge in [-0.05, 0) is 44.8 Å². The van der Waals surface area contributed by atoms with E-state index in [1.807, 2.05) is 24.3 Å². The second-order valence-corrected chi connectivity index (χ2v) is 16.5. The molecule has 13 heteroatoms. The molecule has 4 heterocycles. The molecule has 2 aliphatic rings. The first kappa shape index (κ1) is 31.6. The Morgan fingerprint density at radius 2 is 1.24 bits per heavy atom. The van der Waals surface area contributed by atoms with E-state index in [9.17, 15) is 9.36 Å². The molecule has 41 heavy (non-hydrogen) atoms. The molecular formula is C28H29Cl4N6O2P.